The van der Waals surface area contributed by atoms with Crippen LogP contribution in [-0.4, -0.2) is 22.6 Å². The zero-order valence-corrected chi connectivity index (χ0v) is 10.2. The summed E-state index contributed by atoms with van der Waals surface area (Å²) in [5.41, 5.74) is 7.51. The van der Waals surface area contributed by atoms with Crippen molar-refractivity contribution in [3.63, 3.8) is 0 Å². The lowest BCUT2D eigenvalue weighted by Crippen LogP contribution is -2.13. The van der Waals surface area contributed by atoms with Crippen molar-refractivity contribution in [2.24, 2.45) is 0 Å². The van der Waals surface area contributed by atoms with Crippen LogP contribution >= 0.6 is 0 Å². The fourth-order valence-corrected chi connectivity index (χ4v) is 1.74. The second-order valence-corrected chi connectivity index (χ2v) is 3.97. The van der Waals surface area contributed by atoms with Gasteiger partial charge < -0.3 is 15.0 Å². The maximum atomic E-state index is 11.2. The quantitative estimate of drug-likeness (QED) is 0.649. The number of benzene rings is 1. The van der Waals surface area contributed by atoms with Crippen molar-refractivity contribution in [3.8, 4) is 0 Å². The largest absolute Gasteiger partial charge is 0.468 e. The highest BCUT2D eigenvalue weighted by atomic mass is 16.5. The standard InChI is InChI=1S/C13H15N3O2/c1-18-13(17)9-16-6-5-15-12(16)8-10-3-2-4-11(14)7-10/h2-7H,8-9,14H2,1H3. The van der Waals surface area contributed by atoms with Crippen molar-refractivity contribution in [2.75, 3.05) is 12.8 Å². The van der Waals surface area contributed by atoms with Crippen molar-refractivity contribution < 1.29 is 9.53 Å². The monoisotopic (exact) mass is 245 g/mol. The van der Waals surface area contributed by atoms with E-state index in [1.807, 2.05) is 24.3 Å². The Bertz CT molecular complexity index is 549. The first-order valence-electron chi connectivity index (χ1n) is 5.60. The van der Waals surface area contributed by atoms with E-state index >= 15 is 0 Å². The summed E-state index contributed by atoms with van der Waals surface area (Å²) in [5, 5.41) is 0. The van der Waals surface area contributed by atoms with E-state index in [0.29, 0.717) is 6.42 Å². The molecule has 0 amide bonds. The number of nitrogens with zero attached hydrogens (tertiary/aromatic N) is 2. The van der Waals surface area contributed by atoms with E-state index in [0.717, 1.165) is 17.1 Å². The molecule has 0 saturated heterocycles. The molecule has 2 N–H and O–H groups in total. The van der Waals surface area contributed by atoms with Crippen LogP contribution in [0.3, 0.4) is 0 Å². The summed E-state index contributed by atoms with van der Waals surface area (Å²) >= 11 is 0. The highest BCUT2D eigenvalue weighted by molar-refractivity contribution is 5.69. The second-order valence-electron chi connectivity index (χ2n) is 3.97. The molecule has 2 rings (SSSR count). The Morgan fingerprint density at radius 1 is 1.50 bits per heavy atom. The number of ether oxygens (including phenoxy) is 1. The van der Waals surface area contributed by atoms with Crippen LogP contribution in [0.15, 0.2) is 36.7 Å². The molecule has 0 aliphatic heterocycles. The van der Waals surface area contributed by atoms with Gasteiger partial charge in [0.1, 0.15) is 12.4 Å². The topological polar surface area (TPSA) is 70.1 Å². The van der Waals surface area contributed by atoms with E-state index in [9.17, 15) is 4.79 Å². The summed E-state index contributed by atoms with van der Waals surface area (Å²) in [7, 11) is 1.37. The Morgan fingerprint density at radius 2 is 2.33 bits per heavy atom. The summed E-state index contributed by atoms with van der Waals surface area (Å²) < 4.78 is 6.41. The number of carbonyl (C=O) groups excluding carboxylic acids is 1. The molecule has 0 bridgehead atoms. The molecule has 0 aliphatic rings. The number of hydrogen-bond acceptors (Lipinski definition) is 4. The van der Waals surface area contributed by atoms with E-state index in [4.69, 9.17) is 5.73 Å². The van der Waals surface area contributed by atoms with Crippen LogP contribution in [0.4, 0.5) is 5.69 Å². The van der Waals surface area contributed by atoms with E-state index in [1.165, 1.54) is 7.11 Å². The fourth-order valence-electron chi connectivity index (χ4n) is 1.74. The van der Waals surface area contributed by atoms with E-state index < -0.39 is 0 Å². The van der Waals surface area contributed by atoms with E-state index in [1.54, 1.807) is 17.0 Å². The molecule has 5 heteroatoms. The number of aromatic nitrogens is 2. The van der Waals surface area contributed by atoms with Gasteiger partial charge in [0.05, 0.1) is 7.11 Å². The van der Waals surface area contributed by atoms with Gasteiger partial charge in [-0.2, -0.15) is 0 Å². The predicted octanol–water partition coefficient (Wildman–Crippen LogP) is 1.23. The molecule has 94 valence electrons. The van der Waals surface area contributed by atoms with Crippen LogP contribution in [0.2, 0.25) is 0 Å². The van der Waals surface area contributed by atoms with Crippen molar-refractivity contribution in [2.45, 2.75) is 13.0 Å². The molecule has 2 aromatic rings. The highest BCUT2D eigenvalue weighted by Gasteiger charge is 2.08. The molecular weight excluding hydrogens is 230 g/mol. The summed E-state index contributed by atoms with van der Waals surface area (Å²) in [6, 6.07) is 7.62. The minimum absolute atomic E-state index is 0.175. The Balaban J connectivity index is 2.15. The first-order valence-corrected chi connectivity index (χ1v) is 5.60. The van der Waals surface area contributed by atoms with Gasteiger partial charge in [-0.25, -0.2) is 4.98 Å². The summed E-state index contributed by atoms with van der Waals surface area (Å²) in [4.78, 5) is 15.5. The average molecular weight is 245 g/mol. The molecule has 1 heterocycles. The Kier molecular flexibility index (Phi) is 3.62. The third-order valence-electron chi connectivity index (χ3n) is 2.64. The van der Waals surface area contributed by atoms with Crippen LogP contribution in [-0.2, 0) is 22.5 Å². The molecule has 1 aromatic heterocycles. The van der Waals surface area contributed by atoms with Crippen LogP contribution in [0, 0.1) is 0 Å². The predicted molar refractivity (Wildman–Crippen MR) is 67.9 cm³/mol. The molecule has 1 aromatic carbocycles. The molecule has 0 spiro atoms. The summed E-state index contributed by atoms with van der Waals surface area (Å²) in [6.45, 7) is 0.175. The molecule has 0 aliphatic carbocycles. The Morgan fingerprint density at radius 3 is 3.06 bits per heavy atom. The van der Waals surface area contributed by atoms with Crippen LogP contribution in [0.5, 0.6) is 0 Å². The Labute approximate surface area is 105 Å². The maximum absolute atomic E-state index is 11.2. The molecule has 5 nitrogen and oxygen atoms in total. The zero-order chi connectivity index (χ0) is 13.0. The van der Waals surface area contributed by atoms with E-state index in [2.05, 4.69) is 9.72 Å². The number of esters is 1. The fraction of sp³-hybridized carbons (Fsp3) is 0.231. The van der Waals surface area contributed by atoms with Gasteiger partial charge in [0.25, 0.3) is 0 Å². The number of nitrogen functional groups attached to an aromatic ring is 1. The SMILES string of the molecule is COC(=O)Cn1ccnc1Cc1cccc(N)c1. The second kappa shape index (κ2) is 5.35. The van der Waals surface area contributed by atoms with Gasteiger partial charge in [-0.3, -0.25) is 4.79 Å². The van der Waals surface area contributed by atoms with Crippen molar-refractivity contribution in [1.29, 1.82) is 0 Å². The molecule has 0 radical (unpaired) electrons. The lowest BCUT2D eigenvalue weighted by molar-refractivity contribution is -0.141. The summed E-state index contributed by atoms with van der Waals surface area (Å²) in [5.74, 6) is 0.521. The molecular formula is C13H15N3O2. The van der Waals surface area contributed by atoms with Crippen molar-refractivity contribution in [1.82, 2.24) is 9.55 Å². The highest BCUT2D eigenvalue weighted by Crippen LogP contribution is 2.11. The molecule has 0 unspecified atom stereocenters. The number of carbonyl (C=O) groups is 1. The number of rotatable bonds is 4. The lowest BCUT2D eigenvalue weighted by Gasteiger charge is -2.07. The number of hydrogen-bond donors (Lipinski definition) is 1. The first-order chi connectivity index (χ1) is 8.69. The minimum Gasteiger partial charge on any atom is -0.468 e. The number of imidazole rings is 1. The smallest absolute Gasteiger partial charge is 0.325 e. The van der Waals surface area contributed by atoms with Gasteiger partial charge in [0.2, 0.25) is 0 Å². The van der Waals surface area contributed by atoms with Crippen LogP contribution in [0.25, 0.3) is 0 Å². The molecule has 0 atom stereocenters. The molecule has 0 saturated carbocycles. The lowest BCUT2D eigenvalue weighted by atomic mass is 10.1. The molecule has 18 heavy (non-hydrogen) atoms. The van der Waals surface area contributed by atoms with E-state index in [-0.39, 0.29) is 12.5 Å². The van der Waals surface area contributed by atoms with Gasteiger partial charge in [-0.15, -0.1) is 0 Å². The van der Waals surface area contributed by atoms with Gasteiger partial charge in [0, 0.05) is 24.5 Å². The Hall–Kier alpha value is -2.30. The van der Waals surface area contributed by atoms with Crippen molar-refractivity contribution in [3.05, 3.63) is 48.0 Å². The molecule has 0 fully saturated rings. The zero-order valence-electron chi connectivity index (χ0n) is 10.2. The average Bonchev–Trinajstić information content (AvgIpc) is 2.76. The van der Waals surface area contributed by atoms with Gasteiger partial charge >= 0.3 is 5.97 Å². The van der Waals surface area contributed by atoms with Crippen LogP contribution in [0.1, 0.15) is 11.4 Å². The first kappa shape index (κ1) is 12.2. The number of nitrogens with two attached hydrogens (primary N) is 1. The number of anilines is 1. The normalized spacial score (nSPS) is 10.3. The maximum Gasteiger partial charge on any atom is 0.325 e. The minimum atomic E-state index is -0.290. The third kappa shape index (κ3) is 2.88. The van der Waals surface area contributed by atoms with Crippen LogP contribution < -0.4 is 5.73 Å². The van der Waals surface area contributed by atoms with Crippen molar-refractivity contribution >= 4 is 11.7 Å². The van der Waals surface area contributed by atoms with Gasteiger partial charge in [0.15, 0.2) is 0 Å². The van der Waals surface area contributed by atoms with Gasteiger partial charge in [-0.05, 0) is 17.7 Å². The van der Waals surface area contributed by atoms with Gasteiger partial charge in [-0.1, -0.05) is 12.1 Å². The third-order valence-corrected chi connectivity index (χ3v) is 2.64. The number of methoxy groups -OCH3 is 1. The summed E-state index contributed by atoms with van der Waals surface area (Å²) in [6.07, 6.45) is 4.07.